The van der Waals surface area contributed by atoms with Gasteiger partial charge in [-0.2, -0.15) is 0 Å². The second-order valence-electron chi connectivity index (χ2n) is 6.55. The van der Waals surface area contributed by atoms with Crippen molar-refractivity contribution in [2.45, 2.75) is 12.0 Å². The minimum atomic E-state index is -1.30. The van der Waals surface area contributed by atoms with Gasteiger partial charge in [-0.05, 0) is 42.0 Å². The van der Waals surface area contributed by atoms with Gasteiger partial charge in [-0.1, -0.05) is 17.3 Å². The number of esters is 2. The van der Waals surface area contributed by atoms with Gasteiger partial charge in [-0.25, -0.2) is 0 Å². The summed E-state index contributed by atoms with van der Waals surface area (Å²) in [4.78, 5) is 30.5. The second kappa shape index (κ2) is 9.30. The van der Waals surface area contributed by atoms with E-state index in [0.717, 1.165) is 11.1 Å². The highest BCUT2D eigenvalue weighted by molar-refractivity contribution is 6.07. The zero-order valence-electron chi connectivity index (χ0n) is 17.2. The number of hydrogen-bond acceptors (Lipinski definition) is 8. The van der Waals surface area contributed by atoms with Gasteiger partial charge >= 0.3 is 11.9 Å². The molecule has 2 unspecified atom stereocenters. The summed E-state index contributed by atoms with van der Waals surface area (Å²) in [6, 6.07) is 14.5. The van der Waals surface area contributed by atoms with Crippen LogP contribution in [-0.2, 0) is 23.9 Å². The molecular weight excluding hydrogens is 390 g/mol. The maximum atomic E-state index is 12.4. The molecule has 3 rings (SSSR count). The van der Waals surface area contributed by atoms with Gasteiger partial charge in [0.15, 0.2) is 12.0 Å². The van der Waals surface area contributed by atoms with Crippen LogP contribution in [0.1, 0.15) is 17.0 Å². The summed E-state index contributed by atoms with van der Waals surface area (Å²) in [6.45, 7) is 0. The molecule has 0 saturated carbocycles. The minimum Gasteiger partial charge on any atom is -0.497 e. The Morgan fingerprint density at radius 2 is 1.33 bits per heavy atom. The minimum absolute atomic E-state index is 0.521. The fraction of sp³-hybridized carbons (Fsp3) is 0.318. The lowest BCUT2D eigenvalue weighted by Crippen LogP contribution is -2.41. The molecule has 0 radical (unpaired) electrons. The average Bonchev–Trinajstić information content (AvgIpc) is 3.23. The molecule has 2 aromatic carbocycles. The van der Waals surface area contributed by atoms with Gasteiger partial charge in [0.25, 0.3) is 0 Å². The van der Waals surface area contributed by atoms with E-state index in [1.807, 2.05) is 24.3 Å². The smallest absolute Gasteiger partial charge is 0.324 e. The molecule has 0 fully saturated rings. The van der Waals surface area contributed by atoms with Crippen LogP contribution in [0.3, 0.4) is 0 Å². The molecule has 0 aromatic heterocycles. The lowest BCUT2D eigenvalue weighted by molar-refractivity contribution is -0.165. The molecule has 1 aliphatic heterocycles. The van der Waals surface area contributed by atoms with Crippen LogP contribution in [0.4, 0.5) is 0 Å². The second-order valence-corrected chi connectivity index (χ2v) is 6.55. The molecule has 0 spiro atoms. The fourth-order valence-electron chi connectivity index (χ4n) is 3.42. The molecule has 0 saturated heterocycles. The van der Waals surface area contributed by atoms with E-state index >= 15 is 0 Å². The molecule has 0 N–H and O–H groups in total. The quantitative estimate of drug-likeness (QED) is 0.509. The summed E-state index contributed by atoms with van der Waals surface area (Å²) in [5.74, 6) is -1.96. The molecule has 1 aliphatic rings. The van der Waals surface area contributed by atoms with Crippen LogP contribution in [0.25, 0.3) is 0 Å². The fourth-order valence-corrected chi connectivity index (χ4v) is 3.42. The van der Waals surface area contributed by atoms with Gasteiger partial charge in [0, 0.05) is 5.56 Å². The SMILES string of the molecule is COC(=O)C(C(=O)OC)C1ON=C(c2ccc(OC)cc2)C1c1ccc(OC)cc1. The molecule has 0 bridgehead atoms. The highest BCUT2D eigenvalue weighted by Gasteiger charge is 2.49. The van der Waals surface area contributed by atoms with Crippen LogP contribution in [0, 0.1) is 5.92 Å². The van der Waals surface area contributed by atoms with Crippen LogP contribution in [-0.4, -0.2) is 52.2 Å². The average molecular weight is 413 g/mol. The van der Waals surface area contributed by atoms with Crippen molar-refractivity contribution in [3.63, 3.8) is 0 Å². The zero-order valence-corrected chi connectivity index (χ0v) is 17.2. The summed E-state index contributed by atoms with van der Waals surface area (Å²) in [5, 5.41) is 4.23. The standard InChI is InChI=1S/C22H23NO7/c1-26-15-9-5-13(6-10-15)17-19(14-7-11-16(27-2)12-8-14)23-30-20(17)18(21(24)28-3)22(25)29-4/h5-12,17-18,20H,1-4H3. The number of methoxy groups -OCH3 is 4. The first kappa shape index (κ1) is 21.2. The van der Waals surface area contributed by atoms with E-state index in [2.05, 4.69) is 5.16 Å². The number of nitrogens with zero attached hydrogens (tertiary/aromatic N) is 1. The maximum Gasteiger partial charge on any atom is 0.324 e. The molecule has 1 heterocycles. The summed E-state index contributed by atoms with van der Waals surface area (Å²) < 4.78 is 20.1. The van der Waals surface area contributed by atoms with Crippen LogP contribution >= 0.6 is 0 Å². The van der Waals surface area contributed by atoms with Crippen molar-refractivity contribution in [3.05, 3.63) is 59.7 Å². The first-order valence-corrected chi connectivity index (χ1v) is 9.21. The molecule has 30 heavy (non-hydrogen) atoms. The molecule has 8 heteroatoms. The van der Waals surface area contributed by atoms with E-state index in [9.17, 15) is 9.59 Å². The number of benzene rings is 2. The molecule has 0 aliphatic carbocycles. The van der Waals surface area contributed by atoms with Crippen molar-refractivity contribution in [2.24, 2.45) is 11.1 Å². The first-order valence-electron chi connectivity index (χ1n) is 9.21. The third kappa shape index (κ3) is 4.07. The Morgan fingerprint density at radius 1 is 0.833 bits per heavy atom. The molecule has 8 nitrogen and oxygen atoms in total. The van der Waals surface area contributed by atoms with Gasteiger partial charge < -0.3 is 23.8 Å². The zero-order chi connectivity index (χ0) is 21.7. The van der Waals surface area contributed by atoms with Gasteiger partial charge in [0.05, 0.1) is 40.1 Å². The summed E-state index contributed by atoms with van der Waals surface area (Å²) >= 11 is 0. The van der Waals surface area contributed by atoms with E-state index < -0.39 is 29.9 Å². The normalized spacial score (nSPS) is 17.7. The van der Waals surface area contributed by atoms with E-state index in [1.54, 1.807) is 38.5 Å². The van der Waals surface area contributed by atoms with Crippen molar-refractivity contribution < 1.29 is 33.4 Å². The Bertz CT molecular complexity index is 906. The van der Waals surface area contributed by atoms with Crippen LogP contribution < -0.4 is 9.47 Å². The van der Waals surface area contributed by atoms with Crippen molar-refractivity contribution in [1.82, 2.24) is 0 Å². The Hall–Kier alpha value is -3.55. The third-order valence-corrected chi connectivity index (χ3v) is 5.00. The van der Waals surface area contributed by atoms with E-state index in [0.29, 0.717) is 17.2 Å². The molecule has 0 amide bonds. The lowest BCUT2D eigenvalue weighted by Gasteiger charge is -2.24. The number of hydrogen-bond donors (Lipinski definition) is 0. The van der Waals surface area contributed by atoms with Crippen molar-refractivity contribution in [3.8, 4) is 11.5 Å². The number of ether oxygens (including phenoxy) is 4. The number of oxime groups is 1. The van der Waals surface area contributed by atoms with E-state index in [4.69, 9.17) is 23.8 Å². The number of carbonyl (C=O) groups is 2. The van der Waals surface area contributed by atoms with E-state index in [-0.39, 0.29) is 0 Å². The van der Waals surface area contributed by atoms with E-state index in [1.165, 1.54) is 14.2 Å². The number of rotatable bonds is 7. The van der Waals surface area contributed by atoms with Crippen molar-refractivity contribution in [2.75, 3.05) is 28.4 Å². The molecular formula is C22H23NO7. The monoisotopic (exact) mass is 413 g/mol. The van der Waals surface area contributed by atoms with Gasteiger partial charge in [0.1, 0.15) is 11.5 Å². The van der Waals surface area contributed by atoms with Crippen LogP contribution in [0.15, 0.2) is 53.7 Å². The largest absolute Gasteiger partial charge is 0.497 e. The van der Waals surface area contributed by atoms with Gasteiger partial charge in [-0.15, -0.1) is 0 Å². The third-order valence-electron chi connectivity index (χ3n) is 5.00. The van der Waals surface area contributed by atoms with Crippen LogP contribution in [0.5, 0.6) is 11.5 Å². The topological polar surface area (TPSA) is 92.7 Å². The van der Waals surface area contributed by atoms with Crippen molar-refractivity contribution in [1.29, 1.82) is 0 Å². The van der Waals surface area contributed by atoms with Crippen LogP contribution in [0.2, 0.25) is 0 Å². The summed E-state index contributed by atoms with van der Waals surface area (Å²) in [7, 11) is 5.58. The predicted octanol–water partition coefficient (Wildman–Crippen LogP) is 2.55. The maximum absolute atomic E-state index is 12.4. The van der Waals surface area contributed by atoms with Crippen molar-refractivity contribution >= 4 is 17.7 Å². The Labute approximate surface area is 174 Å². The number of carbonyl (C=O) groups excluding carboxylic acids is 2. The molecule has 2 atom stereocenters. The van der Waals surface area contributed by atoms with Gasteiger partial charge in [0.2, 0.25) is 0 Å². The van der Waals surface area contributed by atoms with Gasteiger partial charge in [-0.3, -0.25) is 9.59 Å². The molecule has 2 aromatic rings. The highest BCUT2D eigenvalue weighted by atomic mass is 16.6. The first-order chi connectivity index (χ1) is 14.5. The predicted molar refractivity (Wildman–Crippen MR) is 108 cm³/mol. The summed E-state index contributed by atoms with van der Waals surface area (Å²) in [5.41, 5.74) is 2.14. The molecule has 158 valence electrons. The summed E-state index contributed by atoms with van der Waals surface area (Å²) in [6.07, 6.45) is -0.935. The lowest BCUT2D eigenvalue weighted by atomic mass is 9.81. The Morgan fingerprint density at radius 3 is 1.80 bits per heavy atom. The Kier molecular flexibility index (Phi) is 6.56. The highest BCUT2D eigenvalue weighted by Crippen LogP contribution is 2.38. The Balaban J connectivity index is 2.06.